The number of rotatable bonds is 3. The van der Waals surface area contributed by atoms with Gasteiger partial charge in [-0.2, -0.15) is 0 Å². The number of aromatic hydroxyl groups is 1. The molecule has 3 nitrogen and oxygen atoms in total. The zero-order valence-corrected chi connectivity index (χ0v) is 7.78. The SMILES string of the molecule is CC(Oc1ccc(O)cc1)C(=O)Cl. The summed E-state index contributed by atoms with van der Waals surface area (Å²) in [5, 5.41) is 8.40. The molecule has 0 aromatic heterocycles. The Morgan fingerprint density at radius 1 is 1.46 bits per heavy atom. The molecule has 0 fully saturated rings. The first kappa shape index (κ1) is 9.86. The van der Waals surface area contributed by atoms with Crippen LogP contribution < -0.4 is 4.74 Å². The van der Waals surface area contributed by atoms with Crippen LogP contribution >= 0.6 is 11.6 Å². The standard InChI is InChI=1S/C9H9ClO3/c1-6(9(10)12)13-8-4-2-7(11)3-5-8/h2-6,11H,1H3. The number of halogens is 1. The van der Waals surface area contributed by atoms with E-state index < -0.39 is 11.3 Å². The van der Waals surface area contributed by atoms with Gasteiger partial charge in [0, 0.05) is 0 Å². The number of hydrogen-bond acceptors (Lipinski definition) is 3. The van der Waals surface area contributed by atoms with E-state index in [1.807, 2.05) is 0 Å². The summed E-state index contributed by atoms with van der Waals surface area (Å²) in [5.74, 6) is 0.650. The highest BCUT2D eigenvalue weighted by Crippen LogP contribution is 2.17. The van der Waals surface area contributed by atoms with Gasteiger partial charge in [0.05, 0.1) is 0 Å². The molecule has 1 unspecified atom stereocenters. The van der Waals surface area contributed by atoms with Gasteiger partial charge in [-0.05, 0) is 42.8 Å². The summed E-state index contributed by atoms with van der Waals surface area (Å²) in [6, 6.07) is 6.07. The zero-order valence-electron chi connectivity index (χ0n) is 7.03. The van der Waals surface area contributed by atoms with Crippen molar-refractivity contribution >= 4 is 16.8 Å². The quantitative estimate of drug-likeness (QED) is 0.759. The number of ether oxygens (including phenoxy) is 1. The van der Waals surface area contributed by atoms with Crippen LogP contribution in [0.1, 0.15) is 6.92 Å². The highest BCUT2D eigenvalue weighted by Gasteiger charge is 2.10. The van der Waals surface area contributed by atoms with Crippen LogP contribution in [-0.4, -0.2) is 16.5 Å². The molecule has 1 atom stereocenters. The van der Waals surface area contributed by atoms with E-state index in [-0.39, 0.29) is 5.75 Å². The van der Waals surface area contributed by atoms with Gasteiger partial charge >= 0.3 is 0 Å². The topological polar surface area (TPSA) is 46.5 Å². The first-order valence-electron chi connectivity index (χ1n) is 3.74. The zero-order chi connectivity index (χ0) is 9.84. The fraction of sp³-hybridized carbons (Fsp3) is 0.222. The maximum Gasteiger partial charge on any atom is 0.262 e. The van der Waals surface area contributed by atoms with Crippen molar-refractivity contribution in [1.82, 2.24) is 0 Å². The van der Waals surface area contributed by atoms with Crippen LogP contribution in [0, 0.1) is 0 Å². The molecule has 13 heavy (non-hydrogen) atoms. The van der Waals surface area contributed by atoms with Gasteiger partial charge in [-0.25, -0.2) is 0 Å². The van der Waals surface area contributed by atoms with Crippen LogP contribution in [0.15, 0.2) is 24.3 Å². The third-order valence-corrected chi connectivity index (χ3v) is 1.78. The molecule has 0 saturated carbocycles. The normalized spacial score (nSPS) is 12.2. The molecule has 4 heteroatoms. The molecule has 1 aromatic rings. The van der Waals surface area contributed by atoms with Crippen molar-refractivity contribution in [3.63, 3.8) is 0 Å². The van der Waals surface area contributed by atoms with Crippen LogP contribution in [0.2, 0.25) is 0 Å². The average Bonchev–Trinajstić information content (AvgIpc) is 2.08. The summed E-state index contributed by atoms with van der Waals surface area (Å²) in [4.78, 5) is 10.6. The van der Waals surface area contributed by atoms with E-state index in [1.54, 1.807) is 19.1 Å². The predicted octanol–water partition coefficient (Wildman–Crippen LogP) is 1.92. The first-order chi connectivity index (χ1) is 6.09. The second-order valence-corrected chi connectivity index (χ2v) is 2.93. The molecule has 0 radical (unpaired) electrons. The Kier molecular flexibility index (Phi) is 3.14. The molecule has 0 aliphatic carbocycles. The third-order valence-electron chi connectivity index (χ3n) is 1.47. The molecule has 0 aliphatic heterocycles. The minimum atomic E-state index is -0.675. The molecule has 1 aromatic carbocycles. The van der Waals surface area contributed by atoms with Gasteiger partial charge in [-0.1, -0.05) is 0 Å². The maximum atomic E-state index is 10.6. The van der Waals surface area contributed by atoms with Crippen molar-refractivity contribution in [3.05, 3.63) is 24.3 Å². The van der Waals surface area contributed by atoms with Gasteiger partial charge in [-0.3, -0.25) is 4.79 Å². The second kappa shape index (κ2) is 4.14. The summed E-state index contributed by atoms with van der Waals surface area (Å²) >= 11 is 5.20. The summed E-state index contributed by atoms with van der Waals surface area (Å²) < 4.78 is 5.14. The number of carbonyl (C=O) groups excluding carboxylic acids is 1. The van der Waals surface area contributed by atoms with Crippen LogP contribution in [0.3, 0.4) is 0 Å². The first-order valence-corrected chi connectivity index (χ1v) is 4.12. The van der Waals surface area contributed by atoms with Crippen molar-refractivity contribution in [3.8, 4) is 11.5 Å². The summed E-state index contributed by atoms with van der Waals surface area (Å²) in [6.45, 7) is 1.56. The minimum absolute atomic E-state index is 0.150. The van der Waals surface area contributed by atoms with Crippen LogP contribution in [0.5, 0.6) is 11.5 Å². The monoisotopic (exact) mass is 200 g/mol. The summed E-state index contributed by atoms with van der Waals surface area (Å²) in [7, 11) is 0. The van der Waals surface area contributed by atoms with E-state index in [9.17, 15) is 4.79 Å². The van der Waals surface area contributed by atoms with Gasteiger partial charge in [0.1, 0.15) is 11.5 Å². The number of phenolic OH excluding ortho intramolecular Hbond substituents is 1. The third kappa shape index (κ3) is 2.95. The molecule has 0 heterocycles. The highest BCUT2D eigenvalue weighted by atomic mass is 35.5. The molecule has 0 bridgehead atoms. The van der Waals surface area contributed by atoms with Crippen molar-refractivity contribution in [2.45, 2.75) is 13.0 Å². The van der Waals surface area contributed by atoms with Gasteiger partial charge in [0.15, 0.2) is 6.10 Å². The molecule has 0 aliphatic rings. The van der Waals surface area contributed by atoms with E-state index in [1.165, 1.54) is 12.1 Å². The molecule has 1 N–H and O–H groups in total. The van der Waals surface area contributed by atoms with Crippen LogP contribution in [-0.2, 0) is 4.79 Å². The minimum Gasteiger partial charge on any atom is -0.508 e. The van der Waals surface area contributed by atoms with Crippen molar-refractivity contribution in [1.29, 1.82) is 0 Å². The molecule has 70 valence electrons. The smallest absolute Gasteiger partial charge is 0.262 e. The Morgan fingerprint density at radius 3 is 2.46 bits per heavy atom. The lowest BCUT2D eigenvalue weighted by Crippen LogP contribution is -2.18. The van der Waals surface area contributed by atoms with E-state index in [2.05, 4.69) is 0 Å². The van der Waals surface area contributed by atoms with Crippen LogP contribution in [0.4, 0.5) is 0 Å². The largest absolute Gasteiger partial charge is 0.508 e. The summed E-state index contributed by atoms with van der Waals surface area (Å²) in [5.41, 5.74) is 0. The second-order valence-electron chi connectivity index (χ2n) is 2.56. The van der Waals surface area contributed by atoms with E-state index in [0.29, 0.717) is 5.75 Å². The fourth-order valence-electron chi connectivity index (χ4n) is 0.775. The fourth-order valence-corrected chi connectivity index (χ4v) is 0.820. The Balaban J connectivity index is 2.64. The van der Waals surface area contributed by atoms with Crippen molar-refractivity contribution in [2.75, 3.05) is 0 Å². The lowest BCUT2D eigenvalue weighted by atomic mass is 10.3. The Labute approximate surface area is 80.9 Å². The molecular weight excluding hydrogens is 192 g/mol. The Hall–Kier alpha value is -1.22. The Bertz CT molecular complexity index is 294. The van der Waals surface area contributed by atoms with Crippen molar-refractivity contribution < 1.29 is 14.6 Å². The maximum absolute atomic E-state index is 10.6. The van der Waals surface area contributed by atoms with Gasteiger partial charge in [-0.15, -0.1) is 0 Å². The number of carbonyl (C=O) groups is 1. The van der Waals surface area contributed by atoms with E-state index >= 15 is 0 Å². The van der Waals surface area contributed by atoms with Gasteiger partial charge in [0.2, 0.25) is 0 Å². The molecule has 0 spiro atoms. The predicted molar refractivity (Wildman–Crippen MR) is 49.1 cm³/mol. The number of phenols is 1. The highest BCUT2D eigenvalue weighted by molar-refractivity contribution is 6.64. The van der Waals surface area contributed by atoms with Crippen molar-refractivity contribution in [2.24, 2.45) is 0 Å². The molecular formula is C9H9ClO3. The van der Waals surface area contributed by atoms with Crippen LogP contribution in [0.25, 0.3) is 0 Å². The van der Waals surface area contributed by atoms with Gasteiger partial charge in [0.25, 0.3) is 5.24 Å². The van der Waals surface area contributed by atoms with E-state index in [0.717, 1.165) is 0 Å². The lowest BCUT2D eigenvalue weighted by molar-refractivity contribution is -0.117. The molecule has 0 amide bonds. The lowest BCUT2D eigenvalue weighted by Gasteiger charge is -2.09. The van der Waals surface area contributed by atoms with Gasteiger partial charge < -0.3 is 9.84 Å². The Morgan fingerprint density at radius 2 is 2.00 bits per heavy atom. The van der Waals surface area contributed by atoms with E-state index in [4.69, 9.17) is 21.4 Å². The summed E-state index contributed by atoms with van der Waals surface area (Å²) in [6.07, 6.45) is -0.675. The number of hydrogen-bond donors (Lipinski definition) is 1. The molecule has 1 rings (SSSR count). The molecule has 0 saturated heterocycles. The number of benzene rings is 1. The average molecular weight is 201 g/mol.